The first-order valence-electron chi connectivity index (χ1n) is 6.50. The zero-order valence-electron chi connectivity index (χ0n) is 11.4. The Balaban J connectivity index is 2.16. The molecule has 0 atom stereocenters. The number of nitrogens with zero attached hydrogens (tertiary/aromatic N) is 3. The highest BCUT2D eigenvalue weighted by Crippen LogP contribution is 2.10. The first-order chi connectivity index (χ1) is 10.2. The maximum atomic E-state index is 12.5. The topological polar surface area (TPSA) is 57.0 Å². The minimum absolute atomic E-state index is 0.136. The van der Waals surface area contributed by atoms with Crippen molar-refractivity contribution in [2.75, 3.05) is 11.9 Å². The van der Waals surface area contributed by atoms with Gasteiger partial charge in [-0.2, -0.15) is 5.26 Å². The van der Waals surface area contributed by atoms with E-state index in [1.165, 1.54) is 6.20 Å². The molecule has 2 rings (SSSR count). The van der Waals surface area contributed by atoms with E-state index in [4.69, 9.17) is 5.26 Å². The van der Waals surface area contributed by atoms with Crippen LogP contribution in [0.15, 0.2) is 48.7 Å². The summed E-state index contributed by atoms with van der Waals surface area (Å²) in [5, 5.41) is 9.46. The van der Waals surface area contributed by atoms with Gasteiger partial charge in [-0.1, -0.05) is 46.3 Å². The number of hydrogen-bond acceptors (Lipinski definition) is 3. The summed E-state index contributed by atoms with van der Waals surface area (Å²) in [5.74, 6) is -0.136. The first kappa shape index (κ1) is 15.2. The summed E-state index contributed by atoms with van der Waals surface area (Å²) in [6, 6.07) is 15.0. The van der Waals surface area contributed by atoms with Gasteiger partial charge in [0.1, 0.15) is 11.8 Å². The number of nitriles is 1. The summed E-state index contributed by atoms with van der Waals surface area (Å²) < 4.78 is 0. The van der Waals surface area contributed by atoms with Gasteiger partial charge in [-0.15, -0.1) is 0 Å². The van der Waals surface area contributed by atoms with Gasteiger partial charge >= 0.3 is 0 Å². The number of carbonyl (C=O) groups excluding carboxylic acids is 1. The standard InChI is InChI=1S/C16H14BrN3O/c17-8-9-20(12-13-4-2-1-3-5-13)16(21)15-7-6-14(10-18)11-19-15/h1-7,11H,8-9,12H2. The second-order valence-corrected chi connectivity index (χ2v) is 5.24. The normalized spacial score (nSPS) is 9.90. The number of hydrogen-bond donors (Lipinski definition) is 0. The van der Waals surface area contributed by atoms with Crippen LogP contribution in [-0.2, 0) is 6.54 Å². The lowest BCUT2D eigenvalue weighted by Gasteiger charge is -2.21. The molecule has 0 saturated carbocycles. The summed E-state index contributed by atoms with van der Waals surface area (Å²) >= 11 is 3.37. The molecule has 1 aromatic heterocycles. The van der Waals surface area contributed by atoms with Gasteiger partial charge in [0, 0.05) is 24.6 Å². The van der Waals surface area contributed by atoms with Crippen LogP contribution >= 0.6 is 15.9 Å². The molecule has 106 valence electrons. The highest BCUT2D eigenvalue weighted by atomic mass is 79.9. The van der Waals surface area contributed by atoms with E-state index in [2.05, 4.69) is 20.9 Å². The van der Waals surface area contributed by atoms with Crippen molar-refractivity contribution in [3.05, 3.63) is 65.5 Å². The molecule has 0 spiro atoms. The van der Waals surface area contributed by atoms with Crippen molar-refractivity contribution in [2.45, 2.75) is 6.54 Å². The van der Waals surface area contributed by atoms with E-state index < -0.39 is 0 Å². The van der Waals surface area contributed by atoms with Gasteiger partial charge in [0.2, 0.25) is 0 Å². The molecule has 0 aliphatic rings. The van der Waals surface area contributed by atoms with Crippen LogP contribution in [0.4, 0.5) is 0 Å². The molecule has 0 fully saturated rings. The third-order valence-electron chi connectivity index (χ3n) is 2.97. The molecule has 1 heterocycles. The summed E-state index contributed by atoms with van der Waals surface area (Å²) in [4.78, 5) is 18.3. The Hall–Kier alpha value is -2.19. The summed E-state index contributed by atoms with van der Waals surface area (Å²) in [6.45, 7) is 1.13. The Morgan fingerprint density at radius 3 is 2.57 bits per heavy atom. The lowest BCUT2D eigenvalue weighted by molar-refractivity contribution is 0.0749. The Morgan fingerprint density at radius 2 is 2.00 bits per heavy atom. The van der Waals surface area contributed by atoms with Gasteiger partial charge in [0.15, 0.2) is 0 Å². The second-order valence-electron chi connectivity index (χ2n) is 4.45. The quantitative estimate of drug-likeness (QED) is 0.784. The molecular formula is C16H14BrN3O. The maximum absolute atomic E-state index is 12.5. The molecule has 0 aliphatic heterocycles. The fraction of sp³-hybridized carbons (Fsp3) is 0.188. The van der Waals surface area contributed by atoms with Crippen molar-refractivity contribution in [3.63, 3.8) is 0 Å². The van der Waals surface area contributed by atoms with E-state index >= 15 is 0 Å². The van der Waals surface area contributed by atoms with Crippen molar-refractivity contribution in [2.24, 2.45) is 0 Å². The van der Waals surface area contributed by atoms with Crippen LogP contribution in [0, 0.1) is 11.3 Å². The number of pyridine rings is 1. The van der Waals surface area contributed by atoms with Crippen LogP contribution in [0.5, 0.6) is 0 Å². The zero-order chi connectivity index (χ0) is 15.1. The Morgan fingerprint density at radius 1 is 1.24 bits per heavy atom. The summed E-state index contributed by atoms with van der Waals surface area (Å²) in [6.07, 6.45) is 1.42. The third kappa shape index (κ3) is 4.14. The number of aromatic nitrogens is 1. The predicted molar refractivity (Wildman–Crippen MR) is 83.9 cm³/mol. The van der Waals surface area contributed by atoms with E-state index in [1.54, 1.807) is 17.0 Å². The monoisotopic (exact) mass is 343 g/mol. The molecule has 0 aliphatic carbocycles. The van der Waals surface area contributed by atoms with Crippen molar-refractivity contribution in [1.82, 2.24) is 9.88 Å². The van der Waals surface area contributed by atoms with Gasteiger partial charge in [-0.25, -0.2) is 4.98 Å². The Bertz CT molecular complexity index is 635. The average molecular weight is 344 g/mol. The van der Waals surface area contributed by atoms with Crippen molar-refractivity contribution in [1.29, 1.82) is 5.26 Å². The van der Waals surface area contributed by atoms with E-state index in [0.717, 1.165) is 5.56 Å². The molecule has 0 unspecified atom stereocenters. The number of benzene rings is 1. The molecule has 0 radical (unpaired) electrons. The zero-order valence-corrected chi connectivity index (χ0v) is 13.0. The van der Waals surface area contributed by atoms with E-state index in [-0.39, 0.29) is 5.91 Å². The minimum Gasteiger partial charge on any atom is -0.332 e. The lowest BCUT2D eigenvalue weighted by Crippen LogP contribution is -2.32. The minimum atomic E-state index is -0.136. The predicted octanol–water partition coefficient (Wildman–Crippen LogP) is 2.99. The summed E-state index contributed by atoms with van der Waals surface area (Å²) in [7, 11) is 0. The van der Waals surface area contributed by atoms with Crippen LogP contribution in [0.2, 0.25) is 0 Å². The highest BCUT2D eigenvalue weighted by molar-refractivity contribution is 9.09. The molecule has 0 bridgehead atoms. The average Bonchev–Trinajstić information content (AvgIpc) is 2.55. The van der Waals surface area contributed by atoms with Crippen LogP contribution in [0.1, 0.15) is 21.6 Å². The molecule has 1 aromatic carbocycles. The van der Waals surface area contributed by atoms with Crippen LogP contribution in [-0.4, -0.2) is 27.7 Å². The molecule has 0 N–H and O–H groups in total. The van der Waals surface area contributed by atoms with E-state index in [0.29, 0.717) is 29.7 Å². The smallest absolute Gasteiger partial charge is 0.272 e. The Labute approximate surface area is 132 Å². The molecular weight excluding hydrogens is 330 g/mol. The fourth-order valence-electron chi connectivity index (χ4n) is 1.91. The lowest BCUT2D eigenvalue weighted by atomic mass is 10.2. The number of alkyl halides is 1. The van der Waals surface area contributed by atoms with Gasteiger partial charge < -0.3 is 4.90 Å². The third-order valence-corrected chi connectivity index (χ3v) is 3.32. The molecule has 2 aromatic rings. The summed E-state index contributed by atoms with van der Waals surface area (Å²) in [5.41, 5.74) is 1.87. The van der Waals surface area contributed by atoms with Gasteiger partial charge in [0.05, 0.1) is 5.56 Å². The SMILES string of the molecule is N#Cc1ccc(C(=O)N(CCBr)Cc2ccccc2)nc1. The van der Waals surface area contributed by atoms with Crippen LogP contribution in [0.25, 0.3) is 0 Å². The largest absolute Gasteiger partial charge is 0.332 e. The van der Waals surface area contributed by atoms with Gasteiger partial charge in [0.25, 0.3) is 5.91 Å². The van der Waals surface area contributed by atoms with Crippen molar-refractivity contribution >= 4 is 21.8 Å². The molecule has 21 heavy (non-hydrogen) atoms. The molecule has 4 nitrogen and oxygen atoms in total. The Kier molecular flexibility index (Phi) is 5.47. The van der Waals surface area contributed by atoms with Crippen molar-refractivity contribution < 1.29 is 4.79 Å². The molecule has 0 saturated heterocycles. The van der Waals surface area contributed by atoms with Crippen LogP contribution in [0.3, 0.4) is 0 Å². The number of rotatable bonds is 5. The number of amides is 1. The van der Waals surface area contributed by atoms with E-state index in [1.807, 2.05) is 36.4 Å². The van der Waals surface area contributed by atoms with Gasteiger partial charge in [-0.05, 0) is 17.7 Å². The maximum Gasteiger partial charge on any atom is 0.272 e. The number of halogens is 1. The van der Waals surface area contributed by atoms with E-state index in [9.17, 15) is 4.79 Å². The first-order valence-corrected chi connectivity index (χ1v) is 7.62. The van der Waals surface area contributed by atoms with Gasteiger partial charge in [-0.3, -0.25) is 4.79 Å². The number of carbonyl (C=O) groups is 1. The highest BCUT2D eigenvalue weighted by Gasteiger charge is 2.16. The second kappa shape index (κ2) is 7.55. The van der Waals surface area contributed by atoms with Crippen LogP contribution < -0.4 is 0 Å². The molecule has 1 amide bonds. The fourth-order valence-corrected chi connectivity index (χ4v) is 2.33. The van der Waals surface area contributed by atoms with Crippen molar-refractivity contribution in [3.8, 4) is 6.07 Å². The molecule has 5 heteroatoms.